The SMILES string of the molecule is O=c1[nH]c2nccnc2n1CC1CCCCC1. The fourth-order valence-electron chi connectivity index (χ4n) is 2.68. The smallest absolute Gasteiger partial charge is 0.289 e. The van der Waals surface area contributed by atoms with Gasteiger partial charge in [-0.05, 0) is 18.8 Å². The number of nitrogens with one attached hydrogen (secondary N) is 1. The third-order valence-corrected chi connectivity index (χ3v) is 3.57. The van der Waals surface area contributed by atoms with E-state index in [9.17, 15) is 4.79 Å². The fraction of sp³-hybridized carbons (Fsp3) is 0.583. The molecule has 1 fully saturated rings. The molecule has 1 aliphatic carbocycles. The molecular weight excluding hydrogens is 216 g/mol. The standard InChI is InChI=1S/C12H16N4O/c17-12-15-10-11(14-7-6-13-10)16(12)8-9-4-2-1-3-5-9/h6-7,9H,1-5,8H2,(H,13,15,17). The molecule has 0 bridgehead atoms. The topological polar surface area (TPSA) is 63.6 Å². The summed E-state index contributed by atoms with van der Waals surface area (Å²) < 4.78 is 1.73. The zero-order valence-electron chi connectivity index (χ0n) is 9.72. The van der Waals surface area contributed by atoms with Crippen LogP contribution in [-0.2, 0) is 6.54 Å². The van der Waals surface area contributed by atoms with Gasteiger partial charge in [-0.1, -0.05) is 19.3 Å². The van der Waals surface area contributed by atoms with Crippen molar-refractivity contribution in [1.82, 2.24) is 19.5 Å². The lowest BCUT2D eigenvalue weighted by Crippen LogP contribution is -2.23. The van der Waals surface area contributed by atoms with Crippen molar-refractivity contribution in [2.45, 2.75) is 38.6 Å². The number of imidazole rings is 1. The molecular formula is C12H16N4O. The maximum absolute atomic E-state index is 11.8. The minimum absolute atomic E-state index is 0.0863. The van der Waals surface area contributed by atoms with Crippen LogP contribution in [0.15, 0.2) is 17.2 Å². The van der Waals surface area contributed by atoms with Crippen molar-refractivity contribution in [1.29, 1.82) is 0 Å². The second-order valence-electron chi connectivity index (χ2n) is 4.77. The molecule has 2 aromatic heterocycles. The van der Waals surface area contributed by atoms with Crippen molar-refractivity contribution < 1.29 is 0 Å². The van der Waals surface area contributed by atoms with E-state index in [2.05, 4.69) is 15.0 Å². The molecule has 2 aromatic rings. The van der Waals surface area contributed by atoms with E-state index in [0.717, 1.165) is 6.54 Å². The van der Waals surface area contributed by atoms with E-state index in [0.29, 0.717) is 17.2 Å². The second-order valence-corrected chi connectivity index (χ2v) is 4.77. The van der Waals surface area contributed by atoms with Crippen LogP contribution in [0.2, 0.25) is 0 Å². The first-order valence-electron chi connectivity index (χ1n) is 6.24. The summed E-state index contributed by atoms with van der Waals surface area (Å²) in [5.41, 5.74) is 1.19. The minimum Gasteiger partial charge on any atom is -0.289 e. The van der Waals surface area contributed by atoms with E-state index < -0.39 is 0 Å². The van der Waals surface area contributed by atoms with Crippen LogP contribution in [0.25, 0.3) is 11.3 Å². The van der Waals surface area contributed by atoms with Gasteiger partial charge in [0.15, 0.2) is 11.3 Å². The molecule has 0 spiro atoms. The molecule has 5 nitrogen and oxygen atoms in total. The molecule has 0 radical (unpaired) electrons. The number of fused-ring (bicyclic) bond motifs is 1. The first-order valence-corrected chi connectivity index (χ1v) is 6.24. The van der Waals surface area contributed by atoms with E-state index in [4.69, 9.17) is 0 Å². The van der Waals surface area contributed by atoms with Crippen molar-refractivity contribution >= 4 is 11.3 Å². The van der Waals surface area contributed by atoms with Crippen LogP contribution in [0.4, 0.5) is 0 Å². The molecule has 0 saturated heterocycles. The third-order valence-electron chi connectivity index (χ3n) is 3.57. The van der Waals surface area contributed by atoms with Crippen LogP contribution in [0, 0.1) is 5.92 Å². The number of nitrogens with zero attached hydrogens (tertiary/aromatic N) is 3. The lowest BCUT2D eigenvalue weighted by molar-refractivity contribution is 0.319. The lowest BCUT2D eigenvalue weighted by atomic mass is 9.89. The van der Waals surface area contributed by atoms with Gasteiger partial charge in [-0.15, -0.1) is 0 Å². The van der Waals surface area contributed by atoms with Crippen molar-refractivity contribution in [3.63, 3.8) is 0 Å². The Morgan fingerprint density at radius 3 is 2.82 bits per heavy atom. The van der Waals surface area contributed by atoms with Crippen LogP contribution in [0.3, 0.4) is 0 Å². The van der Waals surface area contributed by atoms with Crippen LogP contribution < -0.4 is 5.69 Å². The molecule has 0 aliphatic heterocycles. The molecule has 90 valence electrons. The summed E-state index contributed by atoms with van der Waals surface area (Å²) in [4.78, 5) is 22.9. The molecule has 5 heteroatoms. The Labute approximate surface area is 98.9 Å². The number of rotatable bonds is 2. The lowest BCUT2D eigenvalue weighted by Gasteiger charge is -2.21. The Hall–Kier alpha value is -1.65. The average molecular weight is 232 g/mol. The summed E-state index contributed by atoms with van der Waals surface area (Å²) in [5, 5.41) is 0. The zero-order chi connectivity index (χ0) is 11.7. The Morgan fingerprint density at radius 2 is 2.00 bits per heavy atom. The molecule has 0 atom stereocenters. The average Bonchev–Trinajstić information content (AvgIpc) is 2.68. The Morgan fingerprint density at radius 1 is 1.24 bits per heavy atom. The highest BCUT2D eigenvalue weighted by Gasteiger charge is 2.17. The van der Waals surface area contributed by atoms with Gasteiger partial charge in [-0.25, -0.2) is 14.8 Å². The van der Waals surface area contributed by atoms with Gasteiger partial charge in [-0.2, -0.15) is 0 Å². The number of hydrogen-bond donors (Lipinski definition) is 1. The highest BCUT2D eigenvalue weighted by atomic mass is 16.1. The number of hydrogen-bond acceptors (Lipinski definition) is 3. The summed E-state index contributed by atoms with van der Waals surface area (Å²) in [5.74, 6) is 0.613. The van der Waals surface area contributed by atoms with E-state index in [-0.39, 0.29) is 5.69 Å². The van der Waals surface area contributed by atoms with Crippen molar-refractivity contribution in [2.24, 2.45) is 5.92 Å². The van der Waals surface area contributed by atoms with Crippen molar-refractivity contribution in [3.05, 3.63) is 22.9 Å². The molecule has 1 saturated carbocycles. The number of aromatic nitrogens is 4. The molecule has 0 aromatic carbocycles. The second kappa shape index (κ2) is 4.31. The van der Waals surface area contributed by atoms with Crippen LogP contribution in [0.5, 0.6) is 0 Å². The van der Waals surface area contributed by atoms with Gasteiger partial charge >= 0.3 is 5.69 Å². The largest absolute Gasteiger partial charge is 0.328 e. The maximum atomic E-state index is 11.8. The fourth-order valence-corrected chi connectivity index (χ4v) is 2.68. The molecule has 2 heterocycles. The van der Waals surface area contributed by atoms with Gasteiger partial charge in [0.05, 0.1) is 0 Å². The third kappa shape index (κ3) is 1.97. The Kier molecular flexibility index (Phi) is 2.66. The normalized spacial score (nSPS) is 17.6. The first-order chi connectivity index (χ1) is 8.34. The quantitative estimate of drug-likeness (QED) is 0.857. The molecule has 1 aliphatic rings. The summed E-state index contributed by atoms with van der Waals surface area (Å²) >= 11 is 0. The summed E-state index contributed by atoms with van der Waals surface area (Å²) in [6, 6.07) is 0. The van der Waals surface area contributed by atoms with Crippen LogP contribution in [0.1, 0.15) is 32.1 Å². The van der Waals surface area contributed by atoms with Crippen molar-refractivity contribution in [3.8, 4) is 0 Å². The number of aromatic amines is 1. The monoisotopic (exact) mass is 232 g/mol. The van der Waals surface area contributed by atoms with Crippen LogP contribution in [-0.4, -0.2) is 19.5 Å². The molecule has 3 rings (SSSR count). The highest BCUT2D eigenvalue weighted by Crippen LogP contribution is 2.25. The predicted molar refractivity (Wildman–Crippen MR) is 64.7 cm³/mol. The predicted octanol–water partition coefficient (Wildman–Crippen LogP) is 1.70. The highest BCUT2D eigenvalue weighted by molar-refractivity contribution is 5.64. The summed E-state index contributed by atoms with van der Waals surface area (Å²) in [6.07, 6.45) is 9.58. The van der Waals surface area contributed by atoms with E-state index >= 15 is 0 Å². The molecule has 1 N–H and O–H groups in total. The van der Waals surface area contributed by atoms with Gasteiger partial charge in [-0.3, -0.25) is 9.55 Å². The van der Waals surface area contributed by atoms with E-state index in [1.165, 1.54) is 32.1 Å². The van der Waals surface area contributed by atoms with Gasteiger partial charge in [0.1, 0.15) is 0 Å². The van der Waals surface area contributed by atoms with E-state index in [1.807, 2.05) is 0 Å². The maximum Gasteiger partial charge on any atom is 0.328 e. The van der Waals surface area contributed by atoms with Gasteiger partial charge in [0.2, 0.25) is 0 Å². The van der Waals surface area contributed by atoms with Crippen LogP contribution >= 0.6 is 0 Å². The minimum atomic E-state index is -0.0863. The molecule has 17 heavy (non-hydrogen) atoms. The first kappa shape index (κ1) is 10.5. The summed E-state index contributed by atoms with van der Waals surface area (Å²) in [7, 11) is 0. The van der Waals surface area contributed by atoms with E-state index in [1.54, 1.807) is 17.0 Å². The van der Waals surface area contributed by atoms with Gasteiger partial charge < -0.3 is 0 Å². The Bertz CT molecular complexity index is 565. The van der Waals surface area contributed by atoms with Gasteiger partial charge in [0, 0.05) is 18.9 Å². The Balaban J connectivity index is 1.93. The zero-order valence-corrected chi connectivity index (χ0v) is 9.72. The number of H-pyrrole nitrogens is 1. The summed E-state index contributed by atoms with van der Waals surface area (Å²) in [6.45, 7) is 0.775. The molecule has 0 amide bonds. The van der Waals surface area contributed by atoms with Crippen molar-refractivity contribution in [2.75, 3.05) is 0 Å². The van der Waals surface area contributed by atoms with Gasteiger partial charge in [0.25, 0.3) is 0 Å². The molecule has 0 unspecified atom stereocenters.